The van der Waals surface area contributed by atoms with Crippen molar-refractivity contribution >= 4 is 17.3 Å². The summed E-state index contributed by atoms with van der Waals surface area (Å²) in [5, 5.41) is 14.9. The number of hydrogen-bond donors (Lipinski definition) is 2. The maximum Gasteiger partial charge on any atom is 0.408 e. The van der Waals surface area contributed by atoms with Gasteiger partial charge in [0.25, 0.3) is 0 Å². The Morgan fingerprint density at radius 3 is 2.48 bits per heavy atom. The predicted octanol–water partition coefficient (Wildman–Crippen LogP) is 4.64. The van der Waals surface area contributed by atoms with Crippen molar-refractivity contribution in [3.8, 4) is 0 Å². The van der Waals surface area contributed by atoms with Crippen molar-refractivity contribution in [2.45, 2.75) is 103 Å². The summed E-state index contributed by atoms with van der Waals surface area (Å²) in [6.07, 6.45) is 9.84. The Labute approximate surface area is 191 Å². The lowest BCUT2D eigenvalue weighted by atomic mass is 9.36. The molecule has 5 rings (SSSR count). The van der Waals surface area contributed by atoms with Gasteiger partial charge >= 0.3 is 6.09 Å². The summed E-state index contributed by atoms with van der Waals surface area (Å²) in [5.41, 5.74) is -0.705. The topological polar surface area (TPSA) is 81.6 Å². The average Bonchev–Trinajstić information content (AvgIpc) is 2.62. The molecule has 6 heteroatoms. The highest BCUT2D eigenvalue weighted by molar-refractivity contribution is 7.90. The molecular weight excluding hydrogens is 410 g/mol. The first-order valence-electron chi connectivity index (χ1n) is 12.3. The lowest BCUT2D eigenvalue weighted by molar-refractivity contribution is -0.233. The van der Waals surface area contributed by atoms with Gasteiger partial charge in [0, 0.05) is 16.9 Å². The van der Waals surface area contributed by atoms with Crippen molar-refractivity contribution in [3.05, 3.63) is 0 Å². The van der Waals surface area contributed by atoms with Crippen LogP contribution in [0.15, 0.2) is 0 Å². The van der Waals surface area contributed by atoms with E-state index < -0.39 is 16.8 Å². The van der Waals surface area contributed by atoms with Crippen LogP contribution >= 0.6 is 0 Å². The highest BCUT2D eigenvalue weighted by Crippen LogP contribution is 2.71. The van der Waals surface area contributed by atoms with E-state index in [2.05, 4.69) is 19.2 Å². The Morgan fingerprint density at radius 2 is 1.84 bits per heavy atom. The van der Waals surface area contributed by atoms with Crippen molar-refractivity contribution in [2.24, 2.45) is 34.5 Å². The monoisotopic (exact) mass is 453 g/mol. The van der Waals surface area contributed by atoms with Crippen molar-refractivity contribution in [1.29, 1.82) is 0 Å². The molecule has 0 aromatic rings. The fourth-order valence-electron chi connectivity index (χ4n) is 8.66. The lowest BCUT2D eigenvalue weighted by Gasteiger charge is -2.70. The smallest absolute Gasteiger partial charge is 0.408 e. The van der Waals surface area contributed by atoms with Crippen molar-refractivity contribution in [2.75, 3.05) is 12.0 Å². The molecule has 2 N–H and O–H groups in total. The molecule has 0 radical (unpaired) electrons. The molecular formula is C25H43NO4S. The first-order chi connectivity index (χ1) is 14.3. The summed E-state index contributed by atoms with van der Waals surface area (Å²) >= 11 is -0.869. The molecule has 1 amide bonds. The van der Waals surface area contributed by atoms with Crippen LogP contribution in [-0.4, -0.2) is 45.0 Å². The highest BCUT2D eigenvalue weighted by Gasteiger charge is 2.68. The average molecular weight is 454 g/mol. The summed E-state index contributed by atoms with van der Waals surface area (Å²) in [5.74, 6) is 2.17. The Morgan fingerprint density at radius 1 is 1.16 bits per heavy atom. The first-order valence-corrected chi connectivity index (χ1v) is 14.0. The Hall–Kier alpha value is -0.460. The van der Waals surface area contributed by atoms with Crippen LogP contribution in [0.25, 0.3) is 0 Å². The number of hydrogen-bond acceptors (Lipinski definition) is 4. The molecule has 2 bridgehead atoms. The van der Waals surface area contributed by atoms with E-state index in [1.165, 1.54) is 12.8 Å². The Balaban J connectivity index is 1.60. The summed E-state index contributed by atoms with van der Waals surface area (Å²) in [6.45, 7) is 10.4. The standard InChI is InChI=1S/C25H43NO4S/c1-22(2,3)30-21(28)26-24(5)11-7-10-23(4)18(24)9-13-25-12-8-16(14-19(23)25)17(20(25)27)15-31(6)29/h16-20,27H,7-15H2,1-6H3,(H,26,28)/t16-,17-,18-,19-,20+,23+,24+,25-,31?/m0/s1. The number of aliphatic hydroxyl groups is 1. The molecule has 5 saturated carbocycles. The molecule has 1 unspecified atom stereocenters. The number of rotatable bonds is 3. The zero-order valence-electron chi connectivity index (χ0n) is 20.3. The number of amides is 1. The van der Waals surface area contributed by atoms with Crippen molar-refractivity contribution in [3.63, 3.8) is 0 Å². The van der Waals surface area contributed by atoms with Crippen LogP contribution < -0.4 is 5.32 Å². The van der Waals surface area contributed by atoms with E-state index in [4.69, 9.17) is 4.74 Å². The van der Waals surface area contributed by atoms with Gasteiger partial charge in [0.15, 0.2) is 0 Å². The summed E-state index contributed by atoms with van der Waals surface area (Å²) in [6, 6.07) is 0. The van der Waals surface area contributed by atoms with Gasteiger partial charge in [-0.05, 0) is 95.8 Å². The number of alkyl carbamates (subject to hydrolysis) is 1. The van der Waals surface area contributed by atoms with E-state index >= 15 is 0 Å². The van der Waals surface area contributed by atoms with Crippen LogP contribution in [-0.2, 0) is 15.9 Å². The molecule has 5 nitrogen and oxygen atoms in total. The van der Waals surface area contributed by atoms with E-state index in [9.17, 15) is 14.5 Å². The second kappa shape index (κ2) is 7.80. The molecule has 0 aromatic heterocycles. The molecule has 0 aliphatic heterocycles. The molecule has 178 valence electrons. The number of carbonyl (C=O) groups is 1. The molecule has 5 aliphatic carbocycles. The normalized spacial score (nSPS) is 47.8. The van der Waals surface area contributed by atoms with Gasteiger partial charge in [-0.2, -0.15) is 0 Å². The van der Waals surface area contributed by atoms with Gasteiger partial charge in [0.2, 0.25) is 0 Å². The van der Waals surface area contributed by atoms with Crippen LogP contribution in [0, 0.1) is 34.5 Å². The van der Waals surface area contributed by atoms with Crippen LogP contribution in [0.2, 0.25) is 0 Å². The van der Waals surface area contributed by atoms with Gasteiger partial charge < -0.3 is 19.7 Å². The van der Waals surface area contributed by atoms with Crippen LogP contribution in [0.5, 0.6) is 0 Å². The maximum atomic E-state index is 12.7. The van der Waals surface area contributed by atoms with Gasteiger partial charge in [-0.15, -0.1) is 0 Å². The minimum Gasteiger partial charge on any atom is -0.617 e. The zero-order valence-corrected chi connectivity index (χ0v) is 21.1. The predicted molar refractivity (Wildman–Crippen MR) is 124 cm³/mol. The van der Waals surface area contributed by atoms with E-state index in [-0.39, 0.29) is 34.5 Å². The number of nitrogens with one attached hydrogen (secondary N) is 1. The molecule has 9 atom stereocenters. The third-order valence-corrected chi connectivity index (χ3v) is 10.6. The Bertz CT molecular complexity index is 708. The Kier molecular flexibility index (Phi) is 5.96. The first kappa shape index (κ1) is 23.7. The highest BCUT2D eigenvalue weighted by atomic mass is 32.2. The number of aliphatic hydroxyl groups excluding tert-OH is 1. The minimum absolute atomic E-state index is 0.0335. The molecule has 0 heterocycles. The number of ether oxygens (including phenoxy) is 1. The third-order valence-electron chi connectivity index (χ3n) is 9.70. The van der Waals surface area contributed by atoms with Crippen LogP contribution in [0.1, 0.15) is 86.0 Å². The van der Waals surface area contributed by atoms with Crippen LogP contribution in [0.3, 0.4) is 0 Å². The second-order valence-corrected chi connectivity index (χ2v) is 14.1. The SMILES string of the molecule is C[S+]([O-])C[C@H]1[C@H]2CC[C@@]3(CC[C@H]4[C@@](C)(CCC[C@@]4(C)NC(=O)OC(C)(C)C)[C@@H]3C2)[C@@H]1O. The summed E-state index contributed by atoms with van der Waals surface area (Å²) < 4.78 is 17.6. The van der Waals surface area contributed by atoms with E-state index in [0.29, 0.717) is 23.5 Å². The molecule has 0 saturated heterocycles. The minimum atomic E-state index is -0.869. The summed E-state index contributed by atoms with van der Waals surface area (Å²) in [7, 11) is 0. The number of fused-ring (bicyclic) bond motifs is 3. The van der Waals surface area contributed by atoms with Crippen molar-refractivity contribution < 1.29 is 19.2 Å². The van der Waals surface area contributed by atoms with Crippen LogP contribution in [0.4, 0.5) is 4.79 Å². The van der Waals surface area contributed by atoms with E-state index in [0.717, 1.165) is 38.5 Å². The lowest BCUT2D eigenvalue weighted by Crippen LogP contribution is -2.69. The molecule has 5 aliphatic rings. The largest absolute Gasteiger partial charge is 0.617 e. The van der Waals surface area contributed by atoms with Gasteiger partial charge in [0.05, 0.1) is 12.4 Å². The molecule has 5 fully saturated rings. The van der Waals surface area contributed by atoms with Gasteiger partial charge in [-0.1, -0.05) is 24.5 Å². The number of carbonyl (C=O) groups excluding carboxylic acids is 1. The van der Waals surface area contributed by atoms with E-state index in [1.54, 1.807) is 6.26 Å². The fraction of sp³-hybridized carbons (Fsp3) is 0.960. The van der Waals surface area contributed by atoms with E-state index in [1.807, 2.05) is 20.8 Å². The second-order valence-electron chi connectivity index (χ2n) is 12.7. The molecule has 1 spiro atoms. The maximum absolute atomic E-state index is 12.7. The summed E-state index contributed by atoms with van der Waals surface area (Å²) in [4.78, 5) is 12.7. The van der Waals surface area contributed by atoms with Gasteiger partial charge in [-0.3, -0.25) is 0 Å². The molecule has 31 heavy (non-hydrogen) atoms. The third kappa shape index (κ3) is 3.93. The van der Waals surface area contributed by atoms with Gasteiger partial charge in [0.1, 0.15) is 11.4 Å². The molecule has 0 aromatic carbocycles. The quantitative estimate of drug-likeness (QED) is 0.610. The zero-order chi connectivity index (χ0) is 22.8. The van der Waals surface area contributed by atoms with Gasteiger partial charge in [-0.25, -0.2) is 4.79 Å². The van der Waals surface area contributed by atoms with Crippen molar-refractivity contribution in [1.82, 2.24) is 5.32 Å². The fourth-order valence-corrected chi connectivity index (χ4v) is 9.66.